The molecule has 1 saturated heterocycles. The minimum atomic E-state index is -0.510. The number of imide groups is 1. The lowest BCUT2D eigenvalue weighted by atomic mass is 10.1. The molecule has 24 heavy (non-hydrogen) atoms. The lowest BCUT2D eigenvalue weighted by Crippen LogP contribution is -2.34. The van der Waals surface area contributed by atoms with Gasteiger partial charge in [0.2, 0.25) is 5.91 Å². The van der Waals surface area contributed by atoms with Crippen LogP contribution in [0.15, 0.2) is 42.5 Å². The number of amides is 2. The standard InChI is InChI=1S/C20H22N2O2/c1-4-15-5-7-17(8-6-15)22-19(23)12-18(20(22)24)21-16-10-13(2)9-14(3)11-16/h5-11,18,21H,4,12H2,1-3H3. The van der Waals surface area contributed by atoms with E-state index in [0.717, 1.165) is 23.2 Å². The van der Waals surface area contributed by atoms with Crippen LogP contribution in [0.25, 0.3) is 0 Å². The third kappa shape index (κ3) is 3.18. The van der Waals surface area contributed by atoms with E-state index < -0.39 is 6.04 Å². The minimum Gasteiger partial charge on any atom is -0.373 e. The highest BCUT2D eigenvalue weighted by Gasteiger charge is 2.39. The van der Waals surface area contributed by atoms with Gasteiger partial charge < -0.3 is 5.32 Å². The number of nitrogens with one attached hydrogen (secondary N) is 1. The number of nitrogens with zero attached hydrogens (tertiary/aromatic N) is 1. The van der Waals surface area contributed by atoms with Gasteiger partial charge in [-0.15, -0.1) is 0 Å². The Bertz CT molecular complexity index is 760. The van der Waals surface area contributed by atoms with Gasteiger partial charge in [-0.3, -0.25) is 9.59 Å². The second kappa shape index (κ2) is 6.48. The van der Waals surface area contributed by atoms with E-state index in [4.69, 9.17) is 0 Å². The van der Waals surface area contributed by atoms with Crippen LogP contribution in [-0.4, -0.2) is 17.9 Å². The van der Waals surface area contributed by atoms with E-state index in [1.807, 2.05) is 50.2 Å². The molecule has 4 nitrogen and oxygen atoms in total. The van der Waals surface area contributed by atoms with Gasteiger partial charge in [0.25, 0.3) is 5.91 Å². The average molecular weight is 322 g/mol. The van der Waals surface area contributed by atoms with E-state index in [9.17, 15) is 9.59 Å². The smallest absolute Gasteiger partial charge is 0.256 e. The van der Waals surface area contributed by atoms with Gasteiger partial charge in [-0.25, -0.2) is 4.90 Å². The van der Waals surface area contributed by atoms with E-state index in [1.165, 1.54) is 10.5 Å². The van der Waals surface area contributed by atoms with Crippen LogP contribution >= 0.6 is 0 Å². The topological polar surface area (TPSA) is 49.4 Å². The fourth-order valence-electron chi connectivity index (χ4n) is 3.16. The molecule has 3 rings (SSSR count). The summed E-state index contributed by atoms with van der Waals surface area (Å²) in [6.07, 6.45) is 1.11. The number of carbonyl (C=O) groups is 2. The summed E-state index contributed by atoms with van der Waals surface area (Å²) in [6.45, 7) is 6.10. The molecule has 0 aromatic heterocycles. The summed E-state index contributed by atoms with van der Waals surface area (Å²) in [5.74, 6) is -0.352. The number of carbonyl (C=O) groups excluding carboxylic acids is 2. The maximum Gasteiger partial charge on any atom is 0.256 e. The SMILES string of the molecule is CCc1ccc(N2C(=O)CC(Nc3cc(C)cc(C)c3)C2=O)cc1. The Morgan fingerprint density at radius 2 is 1.67 bits per heavy atom. The molecule has 1 atom stereocenters. The molecule has 0 bridgehead atoms. The number of hydrogen-bond donors (Lipinski definition) is 1. The summed E-state index contributed by atoms with van der Waals surface area (Å²) in [5, 5.41) is 3.21. The molecule has 124 valence electrons. The van der Waals surface area contributed by atoms with Crippen LogP contribution < -0.4 is 10.2 Å². The van der Waals surface area contributed by atoms with Gasteiger partial charge in [0.05, 0.1) is 12.1 Å². The van der Waals surface area contributed by atoms with Crippen LogP contribution in [0, 0.1) is 13.8 Å². The van der Waals surface area contributed by atoms with Gasteiger partial charge >= 0.3 is 0 Å². The van der Waals surface area contributed by atoms with Crippen molar-refractivity contribution in [3.05, 3.63) is 59.2 Å². The zero-order chi connectivity index (χ0) is 17.3. The number of rotatable bonds is 4. The summed E-state index contributed by atoms with van der Waals surface area (Å²) in [4.78, 5) is 26.3. The molecular weight excluding hydrogens is 300 g/mol. The van der Waals surface area contributed by atoms with Gasteiger partial charge in [0.15, 0.2) is 0 Å². The Morgan fingerprint density at radius 1 is 1.04 bits per heavy atom. The van der Waals surface area contributed by atoms with Gasteiger partial charge in [-0.2, -0.15) is 0 Å². The lowest BCUT2D eigenvalue weighted by Gasteiger charge is -2.17. The number of anilines is 2. The van der Waals surface area contributed by atoms with Crippen molar-refractivity contribution in [1.29, 1.82) is 0 Å². The maximum absolute atomic E-state index is 12.7. The highest BCUT2D eigenvalue weighted by Crippen LogP contribution is 2.26. The number of aryl methyl sites for hydroxylation is 3. The molecule has 0 radical (unpaired) electrons. The van der Waals surface area contributed by atoms with Crippen LogP contribution in [0.1, 0.15) is 30.0 Å². The summed E-state index contributed by atoms with van der Waals surface area (Å²) in [6, 6.07) is 13.1. The van der Waals surface area contributed by atoms with Crippen molar-refractivity contribution in [1.82, 2.24) is 0 Å². The van der Waals surface area contributed by atoms with Crippen LogP contribution in [0.5, 0.6) is 0 Å². The molecule has 1 N–H and O–H groups in total. The summed E-state index contributed by atoms with van der Waals surface area (Å²) < 4.78 is 0. The predicted octanol–water partition coefficient (Wildman–Crippen LogP) is 3.61. The highest BCUT2D eigenvalue weighted by molar-refractivity contribution is 6.23. The first kappa shape index (κ1) is 16.2. The van der Waals surface area contributed by atoms with Crippen molar-refractivity contribution < 1.29 is 9.59 Å². The fraction of sp³-hybridized carbons (Fsp3) is 0.300. The third-order valence-corrected chi connectivity index (χ3v) is 4.31. The molecular formula is C20H22N2O2. The molecule has 4 heteroatoms. The van der Waals surface area contributed by atoms with Gasteiger partial charge in [-0.05, 0) is 61.2 Å². The van der Waals surface area contributed by atoms with E-state index >= 15 is 0 Å². The third-order valence-electron chi connectivity index (χ3n) is 4.31. The molecule has 2 aromatic carbocycles. The van der Waals surface area contributed by atoms with E-state index in [2.05, 4.69) is 18.3 Å². The Hall–Kier alpha value is -2.62. The Kier molecular flexibility index (Phi) is 4.38. The molecule has 2 amide bonds. The fourth-order valence-corrected chi connectivity index (χ4v) is 3.16. The summed E-state index contributed by atoms with van der Waals surface area (Å²) in [7, 11) is 0. The lowest BCUT2D eigenvalue weighted by molar-refractivity contribution is -0.121. The Balaban J connectivity index is 1.80. The van der Waals surface area contributed by atoms with Gasteiger partial charge in [0.1, 0.15) is 6.04 Å². The van der Waals surface area contributed by atoms with E-state index in [0.29, 0.717) is 5.69 Å². The molecule has 1 fully saturated rings. The van der Waals surface area contributed by atoms with Gasteiger partial charge in [-0.1, -0.05) is 25.1 Å². The van der Waals surface area contributed by atoms with E-state index in [1.54, 1.807) is 0 Å². The largest absolute Gasteiger partial charge is 0.373 e. The Morgan fingerprint density at radius 3 is 2.25 bits per heavy atom. The van der Waals surface area contributed by atoms with Crippen molar-refractivity contribution in [2.24, 2.45) is 0 Å². The van der Waals surface area contributed by atoms with Crippen molar-refractivity contribution >= 4 is 23.2 Å². The minimum absolute atomic E-state index is 0.161. The first-order chi connectivity index (χ1) is 11.5. The van der Waals surface area contributed by atoms with E-state index in [-0.39, 0.29) is 18.2 Å². The van der Waals surface area contributed by atoms with Crippen LogP contribution in [0.2, 0.25) is 0 Å². The van der Waals surface area contributed by atoms with Gasteiger partial charge in [0, 0.05) is 5.69 Å². The maximum atomic E-state index is 12.7. The highest BCUT2D eigenvalue weighted by atomic mass is 16.2. The number of hydrogen-bond acceptors (Lipinski definition) is 3. The molecule has 1 aliphatic rings. The van der Waals surface area contributed by atoms with Crippen molar-refractivity contribution in [2.75, 3.05) is 10.2 Å². The molecule has 0 saturated carbocycles. The summed E-state index contributed by atoms with van der Waals surface area (Å²) >= 11 is 0. The second-order valence-electron chi connectivity index (χ2n) is 6.36. The monoisotopic (exact) mass is 322 g/mol. The van der Waals surface area contributed by atoms with Crippen LogP contribution in [0.4, 0.5) is 11.4 Å². The molecule has 2 aromatic rings. The summed E-state index contributed by atoms with van der Waals surface area (Å²) in [5.41, 5.74) is 4.96. The average Bonchev–Trinajstić information content (AvgIpc) is 2.80. The first-order valence-corrected chi connectivity index (χ1v) is 8.28. The molecule has 1 unspecified atom stereocenters. The van der Waals surface area contributed by atoms with Crippen molar-refractivity contribution in [3.8, 4) is 0 Å². The molecule has 0 aliphatic carbocycles. The normalized spacial score (nSPS) is 17.5. The zero-order valence-corrected chi connectivity index (χ0v) is 14.3. The molecule has 0 spiro atoms. The molecule has 1 heterocycles. The second-order valence-corrected chi connectivity index (χ2v) is 6.36. The van der Waals surface area contributed by atoms with Crippen molar-refractivity contribution in [2.45, 2.75) is 39.7 Å². The van der Waals surface area contributed by atoms with Crippen molar-refractivity contribution in [3.63, 3.8) is 0 Å². The predicted molar refractivity (Wildman–Crippen MR) is 96.3 cm³/mol. The van der Waals surface area contributed by atoms with Crippen LogP contribution in [0.3, 0.4) is 0 Å². The van der Waals surface area contributed by atoms with Crippen LogP contribution in [-0.2, 0) is 16.0 Å². The molecule has 1 aliphatic heterocycles. The Labute approximate surface area is 142 Å². The quantitative estimate of drug-likeness (QED) is 0.875. The zero-order valence-electron chi connectivity index (χ0n) is 14.3. The number of benzene rings is 2. The first-order valence-electron chi connectivity index (χ1n) is 8.28.